The van der Waals surface area contributed by atoms with Gasteiger partial charge in [-0.3, -0.25) is 9.59 Å². The summed E-state index contributed by atoms with van der Waals surface area (Å²) in [6.07, 6.45) is 0.821. The molecule has 4 nitrogen and oxygen atoms in total. The Morgan fingerprint density at radius 3 is 2.38 bits per heavy atom. The standard InChI is InChI=1S/C8H15NO3.ClH/c1-3-4-12-8(11)7(9)5-6(2)10;/h7H,3-5,9H2,1-2H3;1H. The first-order valence-corrected chi connectivity index (χ1v) is 3.99. The van der Waals surface area contributed by atoms with Gasteiger partial charge >= 0.3 is 5.97 Å². The molecule has 0 bridgehead atoms. The van der Waals surface area contributed by atoms with Crippen molar-refractivity contribution in [3.63, 3.8) is 0 Å². The third-order valence-electron chi connectivity index (χ3n) is 1.26. The predicted octanol–water partition coefficient (Wildman–Crippen LogP) is 0.668. The SMILES string of the molecule is CCCOC(=O)C(N)CC(C)=O.Cl. The van der Waals surface area contributed by atoms with Crippen molar-refractivity contribution in [2.45, 2.75) is 32.7 Å². The molecule has 0 aliphatic rings. The summed E-state index contributed by atoms with van der Waals surface area (Å²) in [5, 5.41) is 0. The van der Waals surface area contributed by atoms with Crippen LogP contribution in [0.3, 0.4) is 0 Å². The van der Waals surface area contributed by atoms with Gasteiger partial charge in [0.15, 0.2) is 0 Å². The van der Waals surface area contributed by atoms with Gasteiger partial charge in [0.25, 0.3) is 0 Å². The fourth-order valence-corrected chi connectivity index (χ4v) is 0.703. The first kappa shape index (κ1) is 14.9. The topological polar surface area (TPSA) is 69.4 Å². The molecule has 0 aromatic rings. The molecule has 0 aromatic heterocycles. The van der Waals surface area contributed by atoms with Crippen molar-refractivity contribution in [3.8, 4) is 0 Å². The molecular weight excluding hydrogens is 194 g/mol. The van der Waals surface area contributed by atoms with E-state index in [9.17, 15) is 9.59 Å². The average molecular weight is 210 g/mol. The van der Waals surface area contributed by atoms with E-state index in [2.05, 4.69) is 0 Å². The van der Waals surface area contributed by atoms with E-state index in [1.165, 1.54) is 6.92 Å². The quantitative estimate of drug-likeness (QED) is 0.676. The van der Waals surface area contributed by atoms with Crippen LogP contribution in [-0.2, 0) is 14.3 Å². The number of rotatable bonds is 5. The molecule has 1 unspecified atom stereocenters. The number of hydrogen-bond acceptors (Lipinski definition) is 4. The van der Waals surface area contributed by atoms with E-state index in [0.717, 1.165) is 6.42 Å². The molecule has 0 saturated carbocycles. The van der Waals surface area contributed by atoms with Crippen LogP contribution < -0.4 is 5.73 Å². The summed E-state index contributed by atoms with van der Waals surface area (Å²) >= 11 is 0. The second kappa shape index (κ2) is 8.01. The van der Waals surface area contributed by atoms with E-state index in [4.69, 9.17) is 10.5 Å². The fraction of sp³-hybridized carbons (Fsp3) is 0.750. The molecular formula is C8H16ClNO3. The van der Waals surface area contributed by atoms with Crippen LogP contribution in [0.5, 0.6) is 0 Å². The Morgan fingerprint density at radius 1 is 1.46 bits per heavy atom. The second-order valence-electron chi connectivity index (χ2n) is 2.68. The van der Waals surface area contributed by atoms with Gasteiger partial charge in [-0.05, 0) is 13.3 Å². The molecule has 0 rings (SSSR count). The first-order valence-electron chi connectivity index (χ1n) is 3.99. The lowest BCUT2D eigenvalue weighted by Gasteiger charge is -2.08. The first-order chi connectivity index (χ1) is 5.57. The lowest BCUT2D eigenvalue weighted by molar-refractivity contribution is -0.146. The van der Waals surface area contributed by atoms with E-state index in [1.807, 2.05) is 6.92 Å². The summed E-state index contributed by atoms with van der Waals surface area (Å²) in [4.78, 5) is 21.5. The van der Waals surface area contributed by atoms with Gasteiger partial charge in [-0.15, -0.1) is 12.4 Å². The minimum Gasteiger partial charge on any atom is -0.465 e. The predicted molar refractivity (Wildman–Crippen MR) is 51.8 cm³/mol. The molecule has 0 aliphatic heterocycles. The van der Waals surface area contributed by atoms with E-state index in [0.29, 0.717) is 6.61 Å². The van der Waals surface area contributed by atoms with E-state index >= 15 is 0 Å². The Labute approximate surface area is 84.2 Å². The van der Waals surface area contributed by atoms with Gasteiger partial charge < -0.3 is 10.5 Å². The lowest BCUT2D eigenvalue weighted by Crippen LogP contribution is -2.34. The van der Waals surface area contributed by atoms with Crippen LogP contribution in [0.15, 0.2) is 0 Å². The van der Waals surface area contributed by atoms with Gasteiger partial charge in [0.2, 0.25) is 0 Å². The summed E-state index contributed by atoms with van der Waals surface area (Å²) in [6, 6.07) is -0.797. The molecule has 13 heavy (non-hydrogen) atoms. The molecule has 0 aliphatic carbocycles. The Morgan fingerprint density at radius 2 is 2.00 bits per heavy atom. The lowest BCUT2D eigenvalue weighted by atomic mass is 10.2. The molecule has 2 N–H and O–H groups in total. The van der Waals surface area contributed by atoms with Crippen LogP contribution in [-0.4, -0.2) is 24.4 Å². The third-order valence-corrected chi connectivity index (χ3v) is 1.26. The Hall–Kier alpha value is -0.610. The number of hydrogen-bond donors (Lipinski definition) is 1. The number of esters is 1. The molecule has 5 heteroatoms. The van der Waals surface area contributed by atoms with Crippen molar-refractivity contribution >= 4 is 24.2 Å². The highest BCUT2D eigenvalue weighted by molar-refractivity contribution is 5.85. The van der Waals surface area contributed by atoms with Crippen LogP contribution in [0.1, 0.15) is 26.7 Å². The van der Waals surface area contributed by atoms with Crippen molar-refractivity contribution in [2.24, 2.45) is 5.73 Å². The van der Waals surface area contributed by atoms with Crippen molar-refractivity contribution in [2.75, 3.05) is 6.61 Å². The summed E-state index contributed by atoms with van der Waals surface area (Å²) in [6.45, 7) is 3.65. The molecule has 0 saturated heterocycles. The highest BCUT2D eigenvalue weighted by Gasteiger charge is 2.15. The molecule has 0 aromatic carbocycles. The Bertz CT molecular complexity index is 173. The molecule has 0 amide bonds. The number of nitrogens with two attached hydrogens (primary N) is 1. The Balaban J connectivity index is 0. The highest BCUT2D eigenvalue weighted by atomic mass is 35.5. The van der Waals surface area contributed by atoms with Crippen LogP contribution in [0, 0.1) is 0 Å². The van der Waals surface area contributed by atoms with Gasteiger partial charge in [0.05, 0.1) is 6.61 Å². The zero-order chi connectivity index (χ0) is 9.56. The number of Topliss-reactive ketones (excluding diaryl/α,β-unsaturated/α-hetero) is 1. The molecule has 0 spiro atoms. The molecule has 0 fully saturated rings. The van der Waals surface area contributed by atoms with Gasteiger partial charge in [-0.2, -0.15) is 0 Å². The van der Waals surface area contributed by atoms with Crippen LogP contribution in [0.4, 0.5) is 0 Å². The molecule has 1 atom stereocenters. The van der Waals surface area contributed by atoms with Gasteiger partial charge in [-0.25, -0.2) is 0 Å². The Kier molecular flexibility index (Phi) is 9.17. The van der Waals surface area contributed by atoms with Gasteiger partial charge in [0.1, 0.15) is 11.8 Å². The molecule has 0 heterocycles. The normalized spacial score (nSPS) is 11.3. The third kappa shape index (κ3) is 7.74. The zero-order valence-corrected chi connectivity index (χ0v) is 8.73. The van der Waals surface area contributed by atoms with E-state index in [1.54, 1.807) is 0 Å². The number of ketones is 1. The summed E-state index contributed by atoms with van der Waals surface area (Å²) in [5.41, 5.74) is 5.36. The monoisotopic (exact) mass is 209 g/mol. The van der Waals surface area contributed by atoms with Crippen molar-refractivity contribution in [1.82, 2.24) is 0 Å². The number of halogens is 1. The highest BCUT2D eigenvalue weighted by Crippen LogP contribution is 1.94. The van der Waals surface area contributed by atoms with Crippen LogP contribution >= 0.6 is 12.4 Å². The molecule has 0 radical (unpaired) electrons. The summed E-state index contributed by atoms with van der Waals surface area (Å²) in [7, 11) is 0. The number of ether oxygens (including phenoxy) is 1. The van der Waals surface area contributed by atoms with Crippen molar-refractivity contribution < 1.29 is 14.3 Å². The van der Waals surface area contributed by atoms with Crippen LogP contribution in [0.2, 0.25) is 0 Å². The van der Waals surface area contributed by atoms with Gasteiger partial charge in [0, 0.05) is 6.42 Å². The maximum Gasteiger partial charge on any atom is 0.323 e. The van der Waals surface area contributed by atoms with E-state index in [-0.39, 0.29) is 24.6 Å². The second-order valence-corrected chi connectivity index (χ2v) is 2.68. The van der Waals surface area contributed by atoms with E-state index < -0.39 is 12.0 Å². The van der Waals surface area contributed by atoms with Crippen LogP contribution in [0.25, 0.3) is 0 Å². The number of carbonyl (C=O) groups excluding carboxylic acids is 2. The van der Waals surface area contributed by atoms with Crippen molar-refractivity contribution in [3.05, 3.63) is 0 Å². The van der Waals surface area contributed by atoms with Crippen molar-refractivity contribution in [1.29, 1.82) is 0 Å². The summed E-state index contributed by atoms with van der Waals surface area (Å²) in [5.74, 6) is -0.594. The minimum atomic E-state index is -0.797. The smallest absolute Gasteiger partial charge is 0.323 e. The summed E-state index contributed by atoms with van der Waals surface area (Å²) < 4.78 is 4.74. The maximum atomic E-state index is 10.9. The average Bonchev–Trinajstić information content (AvgIpc) is 1.98. The number of carbonyl (C=O) groups is 2. The minimum absolute atomic E-state index is 0. The van der Waals surface area contributed by atoms with Gasteiger partial charge in [-0.1, -0.05) is 6.92 Å². The molecule has 78 valence electrons. The maximum absolute atomic E-state index is 10.9. The zero-order valence-electron chi connectivity index (χ0n) is 7.91. The largest absolute Gasteiger partial charge is 0.465 e. The fourth-order valence-electron chi connectivity index (χ4n) is 0.703.